The summed E-state index contributed by atoms with van der Waals surface area (Å²) in [5.41, 5.74) is 5.03. The number of hydrogen-bond acceptors (Lipinski definition) is 4. The molecule has 2 heterocycles. The smallest absolute Gasteiger partial charge is 0.322 e. The summed E-state index contributed by atoms with van der Waals surface area (Å²) in [4.78, 5) is 36.3. The van der Waals surface area contributed by atoms with Crippen molar-refractivity contribution in [1.29, 1.82) is 0 Å². The number of hydrogen-bond donors (Lipinski definition) is 1. The highest BCUT2D eigenvalue weighted by molar-refractivity contribution is 6.10. The van der Waals surface area contributed by atoms with E-state index >= 15 is 0 Å². The van der Waals surface area contributed by atoms with Gasteiger partial charge in [-0.15, -0.1) is 0 Å². The first-order valence-electron chi connectivity index (χ1n) is 5.30. The average molecular weight is 251 g/mol. The molecular formula is C10H13N5O3. The van der Waals surface area contributed by atoms with E-state index in [9.17, 15) is 14.4 Å². The highest BCUT2D eigenvalue weighted by atomic mass is 16.2. The van der Waals surface area contributed by atoms with Crippen LogP contribution in [0.2, 0.25) is 0 Å². The first-order chi connectivity index (χ1) is 8.41. The maximum Gasteiger partial charge on any atom is 0.322 e. The Balaban J connectivity index is 2.13. The number of imide groups is 1. The number of urea groups is 1. The number of anilines is 1. The lowest BCUT2D eigenvalue weighted by molar-refractivity contribution is -0.147. The maximum atomic E-state index is 12.1. The summed E-state index contributed by atoms with van der Waals surface area (Å²) in [6, 6.07) is -0.0616. The molecule has 0 radical (unpaired) electrons. The summed E-state index contributed by atoms with van der Waals surface area (Å²) < 4.78 is 1.55. The fourth-order valence-electron chi connectivity index (χ4n) is 1.81. The molecule has 18 heavy (non-hydrogen) atoms. The van der Waals surface area contributed by atoms with Crippen molar-refractivity contribution in [3.63, 3.8) is 0 Å². The van der Waals surface area contributed by atoms with Crippen LogP contribution in [0.5, 0.6) is 0 Å². The van der Waals surface area contributed by atoms with E-state index in [0.717, 1.165) is 4.90 Å². The zero-order valence-corrected chi connectivity index (χ0v) is 10.0. The Labute approximate surface area is 103 Å². The number of nitrogens with zero attached hydrogens (tertiary/aromatic N) is 4. The van der Waals surface area contributed by atoms with Gasteiger partial charge in [0.25, 0.3) is 5.91 Å². The molecule has 0 spiro atoms. The van der Waals surface area contributed by atoms with Gasteiger partial charge in [-0.25, -0.2) is 4.79 Å². The van der Waals surface area contributed by atoms with E-state index in [-0.39, 0.29) is 12.3 Å². The van der Waals surface area contributed by atoms with Gasteiger partial charge in [0.05, 0.1) is 6.42 Å². The Bertz CT molecular complexity index is 515. The van der Waals surface area contributed by atoms with Crippen molar-refractivity contribution >= 4 is 23.7 Å². The third-order valence-electron chi connectivity index (χ3n) is 2.84. The second kappa shape index (κ2) is 4.13. The number of likely N-dealkylation sites (N-methyl/N-ethyl adjacent to an activating group) is 1. The number of carbonyl (C=O) groups is 3. The van der Waals surface area contributed by atoms with Crippen LogP contribution in [0.1, 0.15) is 6.42 Å². The lowest BCUT2D eigenvalue weighted by atomic mass is 10.0. The number of aryl methyl sites for hydroxylation is 1. The fourth-order valence-corrected chi connectivity index (χ4v) is 1.81. The number of amides is 4. The molecule has 1 aliphatic heterocycles. The van der Waals surface area contributed by atoms with E-state index in [1.54, 1.807) is 24.0 Å². The fraction of sp³-hybridized carbons (Fsp3) is 0.400. The quantitative estimate of drug-likeness (QED) is 0.685. The molecule has 0 aliphatic carbocycles. The minimum Gasteiger partial charge on any atom is -0.351 e. The zero-order chi connectivity index (χ0) is 13.4. The second-order valence-electron chi connectivity index (χ2n) is 4.07. The summed E-state index contributed by atoms with van der Waals surface area (Å²) in [6.45, 7) is 0. The van der Waals surface area contributed by atoms with E-state index in [4.69, 9.17) is 5.73 Å². The summed E-state index contributed by atoms with van der Waals surface area (Å²) in [6.07, 6.45) is 1.69. The van der Waals surface area contributed by atoms with Gasteiger partial charge in [0.1, 0.15) is 6.04 Å². The Hall–Kier alpha value is -2.38. The molecule has 1 saturated heterocycles. The zero-order valence-electron chi connectivity index (χ0n) is 10.0. The van der Waals surface area contributed by atoms with Gasteiger partial charge < -0.3 is 5.73 Å². The van der Waals surface area contributed by atoms with Gasteiger partial charge in [-0.3, -0.25) is 24.1 Å². The molecule has 1 aromatic heterocycles. The van der Waals surface area contributed by atoms with Crippen LogP contribution in [0.3, 0.4) is 0 Å². The van der Waals surface area contributed by atoms with Gasteiger partial charge in [0, 0.05) is 26.4 Å². The minimum atomic E-state index is -0.904. The largest absolute Gasteiger partial charge is 0.351 e. The normalized spacial score (nSPS) is 18.4. The number of nitrogens with two attached hydrogens (primary N) is 1. The standard InChI is InChI=1S/C10H13N5O3/c1-13-4-3-7(12-13)14(2)9(17)6-5-8(16)15(6)10(11)18/h3-4,6H,5H2,1-2H3,(H2,11,18)/t6-/m0/s1. The van der Waals surface area contributed by atoms with Crippen molar-refractivity contribution in [3.8, 4) is 0 Å². The summed E-state index contributed by atoms with van der Waals surface area (Å²) >= 11 is 0. The Morgan fingerprint density at radius 1 is 1.56 bits per heavy atom. The summed E-state index contributed by atoms with van der Waals surface area (Å²) in [5.74, 6) is -0.367. The molecule has 0 unspecified atom stereocenters. The van der Waals surface area contributed by atoms with Crippen LogP contribution in [0.15, 0.2) is 12.3 Å². The predicted molar refractivity (Wildman–Crippen MR) is 61.5 cm³/mol. The minimum absolute atomic E-state index is 0.00104. The van der Waals surface area contributed by atoms with Crippen LogP contribution in [-0.4, -0.2) is 45.6 Å². The monoisotopic (exact) mass is 251 g/mol. The van der Waals surface area contributed by atoms with Crippen molar-refractivity contribution in [2.45, 2.75) is 12.5 Å². The topological polar surface area (TPSA) is 102 Å². The van der Waals surface area contributed by atoms with Crippen LogP contribution in [0.25, 0.3) is 0 Å². The Kier molecular flexibility index (Phi) is 2.77. The molecule has 4 amide bonds. The summed E-state index contributed by atoms with van der Waals surface area (Å²) in [7, 11) is 3.26. The predicted octanol–water partition coefficient (Wildman–Crippen LogP) is -0.937. The SMILES string of the molecule is CN(C(=O)[C@@H]1CC(=O)N1C(N)=O)c1ccn(C)n1. The van der Waals surface area contributed by atoms with Crippen molar-refractivity contribution in [1.82, 2.24) is 14.7 Å². The molecule has 2 N–H and O–H groups in total. The van der Waals surface area contributed by atoms with E-state index in [1.165, 1.54) is 11.9 Å². The molecule has 2 rings (SSSR count). The van der Waals surface area contributed by atoms with E-state index in [2.05, 4.69) is 5.10 Å². The molecule has 0 bridgehead atoms. The molecule has 1 aromatic rings. The molecular weight excluding hydrogens is 238 g/mol. The van der Waals surface area contributed by atoms with Crippen molar-refractivity contribution < 1.29 is 14.4 Å². The first kappa shape index (κ1) is 12.1. The summed E-state index contributed by atoms with van der Waals surface area (Å²) in [5, 5.41) is 4.06. The van der Waals surface area contributed by atoms with Crippen molar-refractivity contribution in [2.24, 2.45) is 12.8 Å². The lowest BCUT2D eigenvalue weighted by Crippen LogP contribution is -2.63. The van der Waals surface area contributed by atoms with Gasteiger partial charge in [-0.05, 0) is 0 Å². The van der Waals surface area contributed by atoms with Gasteiger partial charge in [0.2, 0.25) is 5.91 Å². The van der Waals surface area contributed by atoms with E-state index in [0.29, 0.717) is 5.82 Å². The number of primary amides is 1. The number of β-lactam (4-membered cyclic amide) rings is 1. The molecule has 8 heteroatoms. The van der Waals surface area contributed by atoms with Crippen LogP contribution < -0.4 is 10.6 Å². The number of rotatable bonds is 2. The van der Waals surface area contributed by atoms with Gasteiger partial charge in [-0.1, -0.05) is 0 Å². The number of carbonyl (C=O) groups excluding carboxylic acids is 3. The van der Waals surface area contributed by atoms with Gasteiger partial charge in [0.15, 0.2) is 5.82 Å². The third kappa shape index (κ3) is 1.81. The average Bonchev–Trinajstić information content (AvgIpc) is 2.69. The molecule has 96 valence electrons. The highest BCUT2D eigenvalue weighted by Crippen LogP contribution is 2.22. The van der Waals surface area contributed by atoms with Crippen molar-refractivity contribution in [3.05, 3.63) is 12.3 Å². The number of aromatic nitrogens is 2. The van der Waals surface area contributed by atoms with Gasteiger partial charge >= 0.3 is 6.03 Å². The molecule has 0 aromatic carbocycles. The van der Waals surface area contributed by atoms with Crippen LogP contribution in [-0.2, 0) is 16.6 Å². The maximum absolute atomic E-state index is 12.1. The second-order valence-corrected chi connectivity index (χ2v) is 4.07. The van der Waals surface area contributed by atoms with Gasteiger partial charge in [-0.2, -0.15) is 5.10 Å². The lowest BCUT2D eigenvalue weighted by Gasteiger charge is -2.37. The first-order valence-corrected chi connectivity index (χ1v) is 5.30. The van der Waals surface area contributed by atoms with E-state index in [1.807, 2.05) is 0 Å². The van der Waals surface area contributed by atoms with Crippen molar-refractivity contribution in [2.75, 3.05) is 11.9 Å². The molecule has 1 fully saturated rings. The highest BCUT2D eigenvalue weighted by Gasteiger charge is 2.46. The molecule has 1 atom stereocenters. The molecule has 0 saturated carbocycles. The number of likely N-dealkylation sites (tertiary alicyclic amines) is 1. The Morgan fingerprint density at radius 2 is 2.22 bits per heavy atom. The van der Waals surface area contributed by atoms with Crippen LogP contribution in [0.4, 0.5) is 10.6 Å². The van der Waals surface area contributed by atoms with Crippen LogP contribution in [0, 0.1) is 0 Å². The molecule has 1 aliphatic rings. The third-order valence-corrected chi connectivity index (χ3v) is 2.84. The molecule has 8 nitrogen and oxygen atoms in total. The van der Waals surface area contributed by atoms with E-state index < -0.39 is 18.0 Å². The van der Waals surface area contributed by atoms with Crippen LogP contribution >= 0.6 is 0 Å². The Morgan fingerprint density at radius 3 is 2.67 bits per heavy atom.